The number of hydrogen-bond donors (Lipinski definition) is 1. The third-order valence-electron chi connectivity index (χ3n) is 2.61. The van der Waals surface area contributed by atoms with Gasteiger partial charge in [-0.15, -0.1) is 0 Å². The van der Waals surface area contributed by atoms with Crippen molar-refractivity contribution in [2.75, 3.05) is 12.4 Å². The molecule has 4 nitrogen and oxygen atoms in total. The van der Waals surface area contributed by atoms with E-state index in [1.54, 1.807) is 0 Å². The van der Waals surface area contributed by atoms with Crippen LogP contribution in [0.15, 0.2) is 6.33 Å². The fourth-order valence-electron chi connectivity index (χ4n) is 1.45. The van der Waals surface area contributed by atoms with E-state index in [1.165, 1.54) is 12.7 Å². The van der Waals surface area contributed by atoms with E-state index in [2.05, 4.69) is 15.3 Å². The molecule has 1 aliphatic carbocycles. The first-order chi connectivity index (χ1) is 6.81. The molecule has 0 bridgehead atoms. The number of hydrogen-bond acceptors (Lipinski definition) is 4. The molecule has 1 aromatic rings. The first-order valence-electron chi connectivity index (χ1n) is 4.97. The van der Waals surface area contributed by atoms with E-state index in [-0.39, 0.29) is 0 Å². The van der Waals surface area contributed by atoms with Gasteiger partial charge in [-0.1, -0.05) is 0 Å². The van der Waals surface area contributed by atoms with Crippen molar-refractivity contribution in [2.24, 2.45) is 0 Å². The van der Waals surface area contributed by atoms with Gasteiger partial charge in [0, 0.05) is 7.05 Å². The molecule has 4 heteroatoms. The molecule has 0 amide bonds. The lowest BCUT2D eigenvalue weighted by molar-refractivity contribution is 0.113. The summed E-state index contributed by atoms with van der Waals surface area (Å²) in [5, 5.41) is 3.01. The fraction of sp³-hybridized carbons (Fsp3) is 0.600. The van der Waals surface area contributed by atoms with Crippen molar-refractivity contribution in [3.63, 3.8) is 0 Å². The lowest BCUT2D eigenvalue weighted by atomic mass is 9.96. The number of aromatic nitrogens is 2. The predicted octanol–water partition coefficient (Wildman–Crippen LogP) is 1.76. The highest BCUT2D eigenvalue weighted by atomic mass is 16.5. The van der Waals surface area contributed by atoms with Crippen LogP contribution in [0.2, 0.25) is 0 Å². The maximum Gasteiger partial charge on any atom is 0.221 e. The molecule has 1 N–H and O–H groups in total. The van der Waals surface area contributed by atoms with Crippen molar-refractivity contribution in [1.82, 2.24) is 9.97 Å². The number of anilines is 1. The van der Waals surface area contributed by atoms with Gasteiger partial charge in [0.25, 0.3) is 0 Å². The molecule has 1 heterocycles. The first kappa shape index (κ1) is 9.24. The Balaban J connectivity index is 2.15. The van der Waals surface area contributed by atoms with Gasteiger partial charge in [-0.3, -0.25) is 0 Å². The van der Waals surface area contributed by atoms with Crippen molar-refractivity contribution < 1.29 is 4.74 Å². The highest BCUT2D eigenvalue weighted by Gasteiger charge is 2.21. The van der Waals surface area contributed by atoms with Crippen LogP contribution in [-0.4, -0.2) is 23.1 Å². The van der Waals surface area contributed by atoms with Gasteiger partial charge in [-0.25, -0.2) is 9.97 Å². The van der Waals surface area contributed by atoms with Crippen LogP contribution in [0.3, 0.4) is 0 Å². The molecule has 0 unspecified atom stereocenters. The summed E-state index contributed by atoms with van der Waals surface area (Å²) < 4.78 is 5.73. The van der Waals surface area contributed by atoms with E-state index < -0.39 is 0 Å². The van der Waals surface area contributed by atoms with Crippen LogP contribution in [0.5, 0.6) is 5.88 Å². The summed E-state index contributed by atoms with van der Waals surface area (Å²) in [5.41, 5.74) is 0.988. The summed E-state index contributed by atoms with van der Waals surface area (Å²) in [4.78, 5) is 8.24. The predicted molar refractivity (Wildman–Crippen MR) is 54.6 cm³/mol. The van der Waals surface area contributed by atoms with Gasteiger partial charge in [-0.05, 0) is 26.2 Å². The smallest absolute Gasteiger partial charge is 0.221 e. The van der Waals surface area contributed by atoms with Crippen molar-refractivity contribution in [1.29, 1.82) is 0 Å². The molecule has 0 aromatic carbocycles. The minimum atomic E-state index is 0.369. The minimum absolute atomic E-state index is 0.369. The second kappa shape index (κ2) is 3.82. The molecule has 0 atom stereocenters. The van der Waals surface area contributed by atoms with E-state index in [0.29, 0.717) is 12.0 Å². The maximum absolute atomic E-state index is 5.73. The largest absolute Gasteiger partial charge is 0.474 e. The minimum Gasteiger partial charge on any atom is -0.474 e. The molecule has 1 fully saturated rings. The van der Waals surface area contributed by atoms with Crippen molar-refractivity contribution >= 4 is 5.82 Å². The molecule has 0 spiro atoms. The van der Waals surface area contributed by atoms with Gasteiger partial charge >= 0.3 is 0 Å². The van der Waals surface area contributed by atoms with E-state index in [4.69, 9.17) is 4.74 Å². The molecule has 76 valence electrons. The molecular formula is C10H15N3O. The second-order valence-corrected chi connectivity index (χ2v) is 3.57. The second-order valence-electron chi connectivity index (χ2n) is 3.57. The van der Waals surface area contributed by atoms with Gasteiger partial charge in [0.2, 0.25) is 5.88 Å². The summed E-state index contributed by atoms with van der Waals surface area (Å²) in [6, 6.07) is 0. The van der Waals surface area contributed by atoms with Crippen LogP contribution in [0.25, 0.3) is 0 Å². The van der Waals surface area contributed by atoms with Crippen LogP contribution in [-0.2, 0) is 0 Å². The zero-order valence-electron chi connectivity index (χ0n) is 8.58. The molecule has 1 aliphatic rings. The third kappa shape index (κ3) is 1.64. The molecular weight excluding hydrogens is 178 g/mol. The van der Waals surface area contributed by atoms with Crippen molar-refractivity contribution in [3.05, 3.63) is 11.9 Å². The number of ether oxygens (including phenoxy) is 1. The van der Waals surface area contributed by atoms with Gasteiger partial charge in [0.1, 0.15) is 18.2 Å². The Morgan fingerprint density at radius 2 is 2.21 bits per heavy atom. The zero-order chi connectivity index (χ0) is 9.97. The van der Waals surface area contributed by atoms with Gasteiger partial charge in [-0.2, -0.15) is 0 Å². The van der Waals surface area contributed by atoms with Gasteiger partial charge in [0.05, 0.1) is 5.56 Å². The highest BCUT2D eigenvalue weighted by molar-refractivity contribution is 5.46. The molecule has 0 aliphatic heterocycles. The Morgan fingerprint density at radius 1 is 1.43 bits per heavy atom. The lowest BCUT2D eigenvalue weighted by Crippen LogP contribution is -2.25. The average Bonchev–Trinajstić information content (AvgIpc) is 2.13. The molecule has 14 heavy (non-hydrogen) atoms. The van der Waals surface area contributed by atoms with Crippen LogP contribution in [0, 0.1) is 6.92 Å². The molecule has 0 saturated heterocycles. The number of nitrogens with zero attached hydrogens (tertiary/aromatic N) is 2. The van der Waals surface area contributed by atoms with Crippen molar-refractivity contribution in [2.45, 2.75) is 32.3 Å². The summed E-state index contributed by atoms with van der Waals surface area (Å²) in [7, 11) is 1.85. The van der Waals surface area contributed by atoms with E-state index in [1.807, 2.05) is 14.0 Å². The quantitative estimate of drug-likeness (QED) is 0.794. The fourth-order valence-corrected chi connectivity index (χ4v) is 1.45. The molecule has 0 radical (unpaired) electrons. The monoisotopic (exact) mass is 193 g/mol. The molecule has 1 saturated carbocycles. The topological polar surface area (TPSA) is 47.0 Å². The van der Waals surface area contributed by atoms with Crippen LogP contribution >= 0.6 is 0 Å². The summed E-state index contributed by atoms with van der Waals surface area (Å²) in [5.74, 6) is 1.56. The van der Waals surface area contributed by atoms with Gasteiger partial charge < -0.3 is 10.1 Å². The van der Waals surface area contributed by atoms with Gasteiger partial charge in [0.15, 0.2) is 0 Å². The summed E-state index contributed by atoms with van der Waals surface area (Å²) >= 11 is 0. The Bertz CT molecular complexity index is 323. The lowest BCUT2D eigenvalue weighted by Gasteiger charge is -2.26. The molecule has 2 rings (SSSR count). The maximum atomic E-state index is 5.73. The first-order valence-corrected chi connectivity index (χ1v) is 4.97. The van der Waals surface area contributed by atoms with Crippen LogP contribution < -0.4 is 10.1 Å². The Morgan fingerprint density at radius 3 is 2.79 bits per heavy atom. The van der Waals surface area contributed by atoms with Crippen LogP contribution in [0.1, 0.15) is 24.8 Å². The van der Waals surface area contributed by atoms with E-state index in [9.17, 15) is 0 Å². The van der Waals surface area contributed by atoms with Crippen molar-refractivity contribution in [3.8, 4) is 5.88 Å². The SMILES string of the molecule is CNc1ncnc(OC2CCC2)c1C. The normalized spacial score (nSPS) is 16.1. The zero-order valence-corrected chi connectivity index (χ0v) is 8.58. The average molecular weight is 193 g/mol. The number of nitrogens with one attached hydrogen (secondary N) is 1. The van der Waals surface area contributed by atoms with Crippen LogP contribution in [0.4, 0.5) is 5.82 Å². The summed E-state index contributed by atoms with van der Waals surface area (Å²) in [6.07, 6.45) is 5.48. The highest BCUT2D eigenvalue weighted by Crippen LogP contribution is 2.27. The van der Waals surface area contributed by atoms with E-state index in [0.717, 1.165) is 24.2 Å². The Labute approximate surface area is 83.7 Å². The molecule has 1 aromatic heterocycles. The third-order valence-corrected chi connectivity index (χ3v) is 2.61. The van der Waals surface area contributed by atoms with E-state index >= 15 is 0 Å². The number of rotatable bonds is 3. The Kier molecular flexibility index (Phi) is 2.52. The summed E-state index contributed by atoms with van der Waals surface area (Å²) in [6.45, 7) is 1.97. The standard InChI is InChI=1S/C10H15N3O/c1-7-9(11-2)12-6-13-10(7)14-8-4-3-5-8/h6,8H,3-5H2,1-2H3,(H,11,12,13). The Hall–Kier alpha value is -1.32.